The number of rotatable bonds is 3. The average Bonchev–Trinajstić information content (AvgIpc) is 2.78. The molecule has 0 aliphatic carbocycles. The van der Waals surface area contributed by atoms with Crippen LogP contribution in [0.25, 0.3) is 33.6 Å². The third kappa shape index (κ3) is 3.65. The SMILES string of the molecule is N#Cc1c(-c2cccc(Cl)c2)nc(-c2cccc(Cl)c2)c(C#N)c1-c1ccccc1. The summed E-state index contributed by atoms with van der Waals surface area (Å²) in [6.45, 7) is 0. The lowest BCUT2D eigenvalue weighted by atomic mass is 9.90. The topological polar surface area (TPSA) is 60.5 Å². The Labute approximate surface area is 184 Å². The van der Waals surface area contributed by atoms with Gasteiger partial charge in [0.25, 0.3) is 0 Å². The van der Waals surface area contributed by atoms with Gasteiger partial charge in [-0.2, -0.15) is 10.5 Å². The number of pyridine rings is 1. The maximum absolute atomic E-state index is 10.1. The molecule has 0 aliphatic rings. The molecule has 0 atom stereocenters. The number of nitrogens with zero attached hydrogens (tertiary/aromatic N) is 3. The molecular formula is C25H13Cl2N3. The van der Waals surface area contributed by atoms with Crippen LogP contribution in [-0.4, -0.2) is 4.98 Å². The van der Waals surface area contributed by atoms with Crippen LogP contribution in [0, 0.1) is 22.7 Å². The fraction of sp³-hybridized carbons (Fsp3) is 0. The van der Waals surface area contributed by atoms with Gasteiger partial charge in [0, 0.05) is 26.7 Å². The van der Waals surface area contributed by atoms with E-state index in [1.54, 1.807) is 36.4 Å². The summed E-state index contributed by atoms with van der Waals surface area (Å²) in [5, 5.41) is 21.2. The molecule has 5 heteroatoms. The Hall–Kier alpha value is -3.63. The van der Waals surface area contributed by atoms with E-state index in [9.17, 15) is 10.5 Å². The van der Waals surface area contributed by atoms with Crippen LogP contribution in [0.2, 0.25) is 10.0 Å². The van der Waals surface area contributed by atoms with E-state index < -0.39 is 0 Å². The van der Waals surface area contributed by atoms with E-state index in [-0.39, 0.29) is 0 Å². The molecule has 3 nitrogen and oxygen atoms in total. The monoisotopic (exact) mass is 425 g/mol. The first kappa shape index (κ1) is 19.7. The Morgan fingerprint density at radius 3 is 1.50 bits per heavy atom. The molecule has 0 bridgehead atoms. The summed E-state index contributed by atoms with van der Waals surface area (Å²) in [6, 6.07) is 28.2. The normalized spacial score (nSPS) is 10.3. The highest BCUT2D eigenvalue weighted by Crippen LogP contribution is 2.39. The molecule has 0 unspecified atom stereocenters. The van der Waals surface area contributed by atoms with Crippen molar-refractivity contribution < 1.29 is 0 Å². The molecule has 0 amide bonds. The molecule has 4 aromatic rings. The zero-order chi connectivity index (χ0) is 21.1. The first-order valence-electron chi connectivity index (χ1n) is 9.08. The number of nitriles is 2. The Bertz CT molecular complexity index is 1250. The third-order valence-corrected chi connectivity index (χ3v) is 5.15. The van der Waals surface area contributed by atoms with Crippen LogP contribution in [0.15, 0.2) is 78.9 Å². The predicted octanol–water partition coefficient (Wildman–Crippen LogP) is 7.13. The lowest BCUT2D eigenvalue weighted by Crippen LogP contribution is -2.02. The van der Waals surface area contributed by atoms with E-state index >= 15 is 0 Å². The minimum Gasteiger partial charge on any atom is -0.245 e. The zero-order valence-electron chi connectivity index (χ0n) is 15.6. The van der Waals surface area contributed by atoms with Crippen LogP contribution in [0.5, 0.6) is 0 Å². The van der Waals surface area contributed by atoms with Gasteiger partial charge in [0.1, 0.15) is 12.1 Å². The van der Waals surface area contributed by atoms with Crippen LogP contribution in [0.3, 0.4) is 0 Å². The Kier molecular flexibility index (Phi) is 5.50. The van der Waals surface area contributed by atoms with Gasteiger partial charge in [0.15, 0.2) is 0 Å². The molecule has 0 saturated heterocycles. The highest BCUT2D eigenvalue weighted by molar-refractivity contribution is 6.31. The summed E-state index contributed by atoms with van der Waals surface area (Å²) in [7, 11) is 0. The predicted molar refractivity (Wildman–Crippen MR) is 120 cm³/mol. The molecule has 0 aliphatic heterocycles. The standard InChI is InChI=1S/C25H13Cl2N3/c26-19-10-4-8-17(12-19)24-21(14-28)23(16-6-2-1-3-7-16)22(15-29)25(30-24)18-9-5-11-20(27)13-18/h1-13H. The van der Waals surface area contributed by atoms with Crippen molar-refractivity contribution >= 4 is 23.2 Å². The van der Waals surface area contributed by atoms with Crippen molar-refractivity contribution in [2.75, 3.05) is 0 Å². The van der Waals surface area contributed by atoms with Gasteiger partial charge in [0.05, 0.1) is 22.5 Å². The first-order valence-corrected chi connectivity index (χ1v) is 9.83. The van der Waals surface area contributed by atoms with Gasteiger partial charge in [-0.1, -0.05) is 77.8 Å². The van der Waals surface area contributed by atoms with Crippen LogP contribution in [0.1, 0.15) is 11.1 Å². The number of halogens is 2. The Morgan fingerprint density at radius 1 is 0.600 bits per heavy atom. The summed E-state index contributed by atoms with van der Waals surface area (Å²) in [5.74, 6) is 0. The molecule has 0 radical (unpaired) electrons. The zero-order valence-corrected chi connectivity index (χ0v) is 17.1. The minimum atomic E-state index is 0.325. The number of hydrogen-bond donors (Lipinski definition) is 0. The van der Waals surface area contributed by atoms with Gasteiger partial charge >= 0.3 is 0 Å². The summed E-state index contributed by atoms with van der Waals surface area (Å²) in [6.07, 6.45) is 0. The highest BCUT2D eigenvalue weighted by atomic mass is 35.5. The molecule has 0 saturated carbocycles. The van der Waals surface area contributed by atoms with Gasteiger partial charge in [-0.25, -0.2) is 4.98 Å². The molecule has 142 valence electrons. The maximum atomic E-state index is 10.1. The van der Waals surface area contributed by atoms with Crippen molar-refractivity contribution in [3.63, 3.8) is 0 Å². The van der Waals surface area contributed by atoms with E-state index in [2.05, 4.69) is 12.1 Å². The summed E-state index contributed by atoms with van der Waals surface area (Å²) >= 11 is 12.4. The second-order valence-electron chi connectivity index (χ2n) is 6.54. The molecule has 3 aromatic carbocycles. The maximum Gasteiger partial charge on any atom is 0.102 e. The minimum absolute atomic E-state index is 0.325. The van der Waals surface area contributed by atoms with Crippen molar-refractivity contribution in [3.8, 4) is 45.8 Å². The van der Waals surface area contributed by atoms with Crippen LogP contribution in [0.4, 0.5) is 0 Å². The van der Waals surface area contributed by atoms with Crippen molar-refractivity contribution in [2.24, 2.45) is 0 Å². The van der Waals surface area contributed by atoms with E-state index in [0.717, 1.165) is 5.56 Å². The number of hydrogen-bond acceptors (Lipinski definition) is 3. The van der Waals surface area contributed by atoms with E-state index in [1.165, 1.54) is 0 Å². The Morgan fingerprint density at radius 2 is 1.07 bits per heavy atom. The van der Waals surface area contributed by atoms with Crippen molar-refractivity contribution in [1.29, 1.82) is 10.5 Å². The summed E-state index contributed by atoms with van der Waals surface area (Å²) in [4.78, 5) is 4.76. The summed E-state index contributed by atoms with van der Waals surface area (Å²) < 4.78 is 0. The number of aromatic nitrogens is 1. The molecule has 30 heavy (non-hydrogen) atoms. The highest BCUT2D eigenvalue weighted by Gasteiger charge is 2.23. The van der Waals surface area contributed by atoms with Crippen molar-refractivity contribution in [1.82, 2.24) is 4.98 Å². The molecule has 1 aromatic heterocycles. The van der Waals surface area contributed by atoms with Crippen molar-refractivity contribution in [3.05, 3.63) is 100 Å². The molecular weight excluding hydrogens is 413 g/mol. The van der Waals surface area contributed by atoms with Gasteiger partial charge in [-0.3, -0.25) is 0 Å². The number of benzene rings is 3. The molecule has 0 N–H and O–H groups in total. The Balaban J connectivity index is 2.16. The fourth-order valence-electron chi connectivity index (χ4n) is 3.39. The first-order chi connectivity index (χ1) is 14.6. The van der Waals surface area contributed by atoms with E-state index in [4.69, 9.17) is 28.2 Å². The molecule has 0 spiro atoms. The average molecular weight is 426 g/mol. The molecule has 0 fully saturated rings. The van der Waals surface area contributed by atoms with Gasteiger partial charge in [-0.15, -0.1) is 0 Å². The molecule has 1 heterocycles. The second-order valence-corrected chi connectivity index (χ2v) is 7.42. The van der Waals surface area contributed by atoms with Crippen LogP contribution < -0.4 is 0 Å². The van der Waals surface area contributed by atoms with Gasteiger partial charge in [-0.05, 0) is 29.8 Å². The second kappa shape index (κ2) is 8.39. The van der Waals surface area contributed by atoms with E-state index in [0.29, 0.717) is 49.3 Å². The molecule has 4 rings (SSSR count). The fourth-order valence-corrected chi connectivity index (χ4v) is 3.77. The smallest absolute Gasteiger partial charge is 0.102 e. The van der Waals surface area contributed by atoms with Crippen LogP contribution >= 0.6 is 23.2 Å². The third-order valence-electron chi connectivity index (χ3n) is 4.68. The summed E-state index contributed by atoms with van der Waals surface area (Å²) in [5.41, 5.74) is 4.28. The quantitative estimate of drug-likeness (QED) is 0.350. The van der Waals surface area contributed by atoms with Crippen molar-refractivity contribution in [2.45, 2.75) is 0 Å². The van der Waals surface area contributed by atoms with Crippen LogP contribution in [-0.2, 0) is 0 Å². The largest absolute Gasteiger partial charge is 0.245 e. The lowest BCUT2D eigenvalue weighted by molar-refractivity contribution is 1.28. The van der Waals surface area contributed by atoms with Gasteiger partial charge in [0.2, 0.25) is 0 Å². The van der Waals surface area contributed by atoms with E-state index in [1.807, 2.05) is 42.5 Å². The van der Waals surface area contributed by atoms with Gasteiger partial charge < -0.3 is 0 Å². The lowest BCUT2D eigenvalue weighted by Gasteiger charge is -2.16.